The predicted octanol–water partition coefficient (Wildman–Crippen LogP) is 5.92. The Balaban J connectivity index is 1.69. The number of aryl methyl sites for hydroxylation is 1. The van der Waals surface area contributed by atoms with Gasteiger partial charge >= 0.3 is 0 Å². The van der Waals surface area contributed by atoms with Gasteiger partial charge in [-0.25, -0.2) is 8.78 Å². The van der Waals surface area contributed by atoms with Crippen LogP contribution in [0.4, 0.5) is 8.78 Å². The van der Waals surface area contributed by atoms with Crippen LogP contribution in [0.15, 0.2) is 12.1 Å². The molecular formula is C21H29F2NO. The van der Waals surface area contributed by atoms with Crippen molar-refractivity contribution in [3.8, 4) is 6.07 Å². The molecule has 138 valence electrons. The van der Waals surface area contributed by atoms with E-state index in [4.69, 9.17) is 10.00 Å². The van der Waals surface area contributed by atoms with Crippen LogP contribution in [0.1, 0.15) is 75.8 Å². The topological polar surface area (TPSA) is 33.0 Å². The molecule has 0 atom stereocenters. The molecule has 0 spiro atoms. The van der Waals surface area contributed by atoms with Crippen molar-refractivity contribution >= 4 is 0 Å². The highest BCUT2D eigenvalue weighted by atomic mass is 19.2. The van der Waals surface area contributed by atoms with Crippen molar-refractivity contribution < 1.29 is 13.5 Å². The van der Waals surface area contributed by atoms with E-state index in [0.717, 1.165) is 45.1 Å². The largest absolute Gasteiger partial charge is 0.378 e. The van der Waals surface area contributed by atoms with Crippen LogP contribution in [-0.2, 0) is 11.2 Å². The number of unbranched alkanes of at least 4 members (excludes halogenated alkanes) is 3. The van der Waals surface area contributed by atoms with Crippen molar-refractivity contribution in [1.82, 2.24) is 0 Å². The van der Waals surface area contributed by atoms with Crippen LogP contribution < -0.4 is 0 Å². The van der Waals surface area contributed by atoms with Crippen molar-refractivity contribution in [2.45, 2.75) is 77.2 Å². The second kappa shape index (κ2) is 10.5. The van der Waals surface area contributed by atoms with Gasteiger partial charge in [-0.3, -0.25) is 0 Å². The Morgan fingerprint density at radius 1 is 1.08 bits per heavy atom. The molecular weight excluding hydrogens is 320 g/mol. The van der Waals surface area contributed by atoms with Crippen molar-refractivity contribution in [3.63, 3.8) is 0 Å². The molecule has 0 unspecified atom stereocenters. The van der Waals surface area contributed by atoms with Gasteiger partial charge in [-0.15, -0.1) is 0 Å². The van der Waals surface area contributed by atoms with Gasteiger partial charge in [0.15, 0.2) is 11.6 Å². The van der Waals surface area contributed by atoms with Crippen LogP contribution >= 0.6 is 0 Å². The Bertz CT molecular complexity index is 574. The Labute approximate surface area is 150 Å². The molecule has 0 aliphatic heterocycles. The fourth-order valence-corrected chi connectivity index (χ4v) is 3.59. The molecule has 0 amide bonds. The highest BCUT2D eigenvalue weighted by Gasteiger charge is 2.22. The molecule has 1 aromatic rings. The van der Waals surface area contributed by atoms with Gasteiger partial charge in [0.05, 0.1) is 11.7 Å². The molecule has 4 heteroatoms. The molecule has 1 aliphatic rings. The summed E-state index contributed by atoms with van der Waals surface area (Å²) >= 11 is 0. The van der Waals surface area contributed by atoms with Crippen molar-refractivity contribution in [1.29, 1.82) is 5.26 Å². The molecule has 2 rings (SSSR count). The van der Waals surface area contributed by atoms with Crippen LogP contribution in [0.5, 0.6) is 0 Å². The summed E-state index contributed by atoms with van der Waals surface area (Å²) in [5, 5.41) is 8.73. The minimum Gasteiger partial charge on any atom is -0.378 e. The number of nitriles is 1. The molecule has 0 radical (unpaired) electrons. The van der Waals surface area contributed by atoms with Gasteiger partial charge in [0, 0.05) is 6.61 Å². The molecule has 1 aromatic carbocycles. The van der Waals surface area contributed by atoms with Crippen LogP contribution in [0.2, 0.25) is 0 Å². The van der Waals surface area contributed by atoms with Crippen LogP contribution in [-0.4, -0.2) is 12.7 Å². The fraction of sp³-hybridized carbons (Fsp3) is 0.667. The van der Waals surface area contributed by atoms with E-state index >= 15 is 0 Å². The fourth-order valence-electron chi connectivity index (χ4n) is 3.59. The molecule has 0 N–H and O–H groups in total. The molecule has 1 aliphatic carbocycles. The average molecular weight is 349 g/mol. The molecule has 0 saturated heterocycles. The van der Waals surface area contributed by atoms with E-state index in [1.165, 1.54) is 25.3 Å². The summed E-state index contributed by atoms with van der Waals surface area (Å²) in [4.78, 5) is 0. The van der Waals surface area contributed by atoms with Crippen LogP contribution in [0, 0.1) is 28.9 Å². The van der Waals surface area contributed by atoms with Crippen molar-refractivity contribution in [2.75, 3.05) is 6.61 Å². The molecule has 2 nitrogen and oxygen atoms in total. The lowest BCUT2D eigenvalue weighted by atomic mass is 9.83. The normalized spacial score (nSPS) is 20.4. The minimum atomic E-state index is -1.01. The molecule has 25 heavy (non-hydrogen) atoms. The standard InChI is InChI=1S/C21H29F2NO/c1-2-3-4-5-14-25-19-12-7-16(8-13-19)6-9-17-10-11-18(15-24)21(23)20(17)22/h10-11,16,19H,2-9,12-14H2,1H3/t16-,19-. The molecule has 1 fully saturated rings. The van der Waals surface area contributed by atoms with Crippen molar-refractivity contribution in [2.24, 2.45) is 5.92 Å². The van der Waals surface area contributed by atoms with E-state index in [0.29, 0.717) is 24.0 Å². The first-order chi connectivity index (χ1) is 12.2. The summed E-state index contributed by atoms with van der Waals surface area (Å²) in [6.07, 6.45) is 11.0. The number of halogens is 2. The maximum Gasteiger partial charge on any atom is 0.176 e. The summed E-state index contributed by atoms with van der Waals surface area (Å²) < 4.78 is 33.6. The van der Waals surface area contributed by atoms with E-state index in [2.05, 4.69) is 6.92 Å². The smallest absolute Gasteiger partial charge is 0.176 e. The van der Waals surface area contributed by atoms with Gasteiger partial charge in [-0.05, 0) is 62.5 Å². The summed E-state index contributed by atoms with van der Waals surface area (Å²) in [5.41, 5.74) is 0.156. The molecule has 0 heterocycles. The number of benzene rings is 1. The zero-order valence-corrected chi connectivity index (χ0v) is 15.2. The monoisotopic (exact) mass is 349 g/mol. The third kappa shape index (κ3) is 6.08. The van der Waals surface area contributed by atoms with E-state index in [1.54, 1.807) is 12.1 Å². The van der Waals surface area contributed by atoms with Gasteiger partial charge in [0.2, 0.25) is 0 Å². The second-order valence-electron chi connectivity index (χ2n) is 7.12. The number of nitrogens with zero attached hydrogens (tertiary/aromatic N) is 1. The van der Waals surface area contributed by atoms with Gasteiger partial charge in [-0.1, -0.05) is 32.3 Å². The third-order valence-corrected chi connectivity index (χ3v) is 5.25. The molecule has 1 saturated carbocycles. The average Bonchev–Trinajstić information content (AvgIpc) is 2.64. The Morgan fingerprint density at radius 2 is 1.84 bits per heavy atom. The first-order valence-electron chi connectivity index (χ1n) is 9.64. The highest BCUT2D eigenvalue weighted by molar-refractivity contribution is 5.34. The lowest BCUT2D eigenvalue weighted by molar-refractivity contribution is 0.0154. The second-order valence-corrected chi connectivity index (χ2v) is 7.12. The number of hydrogen-bond donors (Lipinski definition) is 0. The van der Waals surface area contributed by atoms with E-state index in [1.807, 2.05) is 0 Å². The maximum absolute atomic E-state index is 13.9. The zero-order chi connectivity index (χ0) is 18.1. The molecule has 0 aromatic heterocycles. The Morgan fingerprint density at radius 3 is 2.52 bits per heavy atom. The maximum atomic E-state index is 13.9. The quantitative estimate of drug-likeness (QED) is 0.518. The predicted molar refractivity (Wildman–Crippen MR) is 95.2 cm³/mol. The Hall–Kier alpha value is -1.47. The first kappa shape index (κ1) is 19.8. The van der Waals surface area contributed by atoms with Gasteiger partial charge in [0.1, 0.15) is 6.07 Å². The lowest BCUT2D eigenvalue weighted by Gasteiger charge is -2.28. The number of rotatable bonds is 9. The Kier molecular flexibility index (Phi) is 8.34. The summed E-state index contributed by atoms with van der Waals surface area (Å²) in [5.74, 6) is -1.32. The summed E-state index contributed by atoms with van der Waals surface area (Å²) in [6, 6.07) is 4.59. The van der Waals surface area contributed by atoms with Crippen molar-refractivity contribution in [3.05, 3.63) is 34.9 Å². The zero-order valence-electron chi connectivity index (χ0n) is 15.2. The van der Waals surface area contributed by atoms with Crippen LogP contribution in [0.25, 0.3) is 0 Å². The SMILES string of the molecule is CCCCCCO[C@H]1CC[C@H](CCc2ccc(C#N)c(F)c2F)CC1. The number of hydrogen-bond acceptors (Lipinski definition) is 2. The summed E-state index contributed by atoms with van der Waals surface area (Å²) in [7, 11) is 0. The van der Waals surface area contributed by atoms with E-state index in [9.17, 15) is 8.78 Å². The van der Waals surface area contributed by atoms with E-state index in [-0.39, 0.29) is 5.56 Å². The first-order valence-corrected chi connectivity index (χ1v) is 9.64. The van der Waals surface area contributed by atoms with Gasteiger partial charge in [0.25, 0.3) is 0 Å². The minimum absolute atomic E-state index is 0.224. The van der Waals surface area contributed by atoms with E-state index < -0.39 is 11.6 Å². The van der Waals surface area contributed by atoms with Gasteiger partial charge < -0.3 is 4.74 Å². The lowest BCUT2D eigenvalue weighted by Crippen LogP contribution is -2.22. The molecule has 0 bridgehead atoms. The van der Waals surface area contributed by atoms with Crippen LogP contribution in [0.3, 0.4) is 0 Å². The highest BCUT2D eigenvalue weighted by Crippen LogP contribution is 2.30. The summed E-state index contributed by atoms with van der Waals surface area (Å²) in [6.45, 7) is 3.07. The third-order valence-electron chi connectivity index (χ3n) is 5.25. The van der Waals surface area contributed by atoms with Gasteiger partial charge in [-0.2, -0.15) is 5.26 Å². The number of ether oxygens (including phenoxy) is 1.